The van der Waals surface area contributed by atoms with Gasteiger partial charge in [-0.25, -0.2) is 4.39 Å². The van der Waals surface area contributed by atoms with Gasteiger partial charge < -0.3 is 4.90 Å². The summed E-state index contributed by atoms with van der Waals surface area (Å²) < 4.78 is 15.0. The number of thiophene rings is 1. The molecule has 188 valence electrons. The number of thioether (sulfide) groups is 1. The molecule has 0 bridgehead atoms. The number of aliphatic imine (C=N–C) groups is 1. The molecule has 0 atom stereocenters. The highest BCUT2D eigenvalue weighted by Gasteiger charge is 2.32. The van der Waals surface area contributed by atoms with Gasteiger partial charge in [0.25, 0.3) is 0 Å². The van der Waals surface area contributed by atoms with E-state index < -0.39 is 6.67 Å². The molecule has 2 aromatic carbocycles. The van der Waals surface area contributed by atoms with Gasteiger partial charge in [-0.1, -0.05) is 54.2 Å². The number of hydrogen-bond acceptors (Lipinski definition) is 6. The minimum absolute atomic E-state index is 0.441. The van der Waals surface area contributed by atoms with Crippen molar-refractivity contribution < 1.29 is 4.39 Å². The van der Waals surface area contributed by atoms with Gasteiger partial charge in [0.15, 0.2) is 5.82 Å². The summed E-state index contributed by atoms with van der Waals surface area (Å²) in [6.07, 6.45) is 0.872. The Morgan fingerprint density at radius 3 is 2.76 bits per heavy atom. The van der Waals surface area contributed by atoms with Gasteiger partial charge in [-0.3, -0.25) is 9.56 Å². The minimum atomic E-state index is -0.441. The quantitative estimate of drug-likeness (QED) is 0.201. The average molecular weight is 568 g/mol. The SMILES string of the molecule is Cc1nnc2n1-c1sc3c(c1C(c1ccccc1Cl)=NC2)CCN(C(=S)CSc1ccc(CF)cc1)C3. The molecular weight excluding hydrogens is 545 g/mol. The first-order chi connectivity index (χ1) is 18.0. The Morgan fingerprint density at radius 1 is 1.16 bits per heavy atom. The molecular formula is C27H23ClFN5S3. The van der Waals surface area contributed by atoms with Crippen LogP contribution in [-0.2, 0) is 26.2 Å². The van der Waals surface area contributed by atoms with E-state index in [1.165, 1.54) is 10.4 Å². The topological polar surface area (TPSA) is 46.3 Å². The van der Waals surface area contributed by atoms with E-state index >= 15 is 0 Å². The number of halogens is 2. The first kappa shape index (κ1) is 24.7. The van der Waals surface area contributed by atoms with Crippen LogP contribution in [0.2, 0.25) is 5.02 Å². The second-order valence-corrected chi connectivity index (χ2v) is 12.0. The number of rotatable bonds is 5. The van der Waals surface area contributed by atoms with Crippen LogP contribution in [0.1, 0.15) is 38.8 Å². The predicted molar refractivity (Wildman–Crippen MR) is 153 cm³/mol. The second kappa shape index (κ2) is 10.3. The molecule has 0 fully saturated rings. The van der Waals surface area contributed by atoms with E-state index in [9.17, 15) is 4.39 Å². The third kappa shape index (κ3) is 4.63. The minimum Gasteiger partial charge on any atom is -0.360 e. The lowest BCUT2D eigenvalue weighted by Crippen LogP contribution is -2.35. The molecule has 2 aliphatic heterocycles. The summed E-state index contributed by atoms with van der Waals surface area (Å²) in [6, 6.07) is 15.5. The molecule has 4 heterocycles. The van der Waals surface area contributed by atoms with Crippen molar-refractivity contribution in [2.24, 2.45) is 4.99 Å². The number of thiocarbonyl (C=S) groups is 1. The maximum absolute atomic E-state index is 12.8. The molecule has 0 spiro atoms. The van der Waals surface area contributed by atoms with Crippen molar-refractivity contribution in [3.8, 4) is 5.00 Å². The molecule has 2 aliphatic rings. The van der Waals surface area contributed by atoms with Crippen LogP contribution in [0.25, 0.3) is 5.00 Å². The van der Waals surface area contributed by atoms with Gasteiger partial charge in [0, 0.05) is 38.2 Å². The predicted octanol–water partition coefficient (Wildman–Crippen LogP) is 6.59. The van der Waals surface area contributed by atoms with Crippen LogP contribution in [0, 0.1) is 6.92 Å². The molecule has 0 saturated carbocycles. The highest BCUT2D eigenvalue weighted by Crippen LogP contribution is 2.40. The van der Waals surface area contributed by atoms with E-state index in [1.807, 2.05) is 55.5 Å². The molecule has 0 saturated heterocycles. The molecule has 37 heavy (non-hydrogen) atoms. The molecule has 10 heteroatoms. The lowest BCUT2D eigenvalue weighted by molar-refractivity contribution is 0.404. The van der Waals surface area contributed by atoms with Crippen LogP contribution in [0.3, 0.4) is 0 Å². The van der Waals surface area contributed by atoms with Crippen molar-refractivity contribution in [3.63, 3.8) is 0 Å². The molecule has 5 nitrogen and oxygen atoms in total. The zero-order valence-corrected chi connectivity index (χ0v) is 23.3. The summed E-state index contributed by atoms with van der Waals surface area (Å²) in [5.74, 6) is 2.40. The maximum atomic E-state index is 12.8. The van der Waals surface area contributed by atoms with Gasteiger partial charge in [0.05, 0.1) is 17.2 Å². The van der Waals surface area contributed by atoms with Crippen molar-refractivity contribution in [3.05, 3.63) is 92.3 Å². The molecule has 0 amide bonds. The van der Waals surface area contributed by atoms with E-state index in [0.717, 1.165) is 62.9 Å². The van der Waals surface area contributed by atoms with Crippen molar-refractivity contribution in [1.29, 1.82) is 0 Å². The number of hydrogen-bond donors (Lipinski definition) is 0. The molecule has 0 radical (unpaired) electrons. The summed E-state index contributed by atoms with van der Waals surface area (Å²) in [6.45, 7) is 3.61. The van der Waals surface area contributed by atoms with E-state index in [2.05, 4.69) is 19.7 Å². The van der Waals surface area contributed by atoms with Crippen LogP contribution in [0.15, 0.2) is 58.4 Å². The van der Waals surface area contributed by atoms with E-state index in [4.69, 9.17) is 28.8 Å². The van der Waals surface area contributed by atoms with E-state index in [1.54, 1.807) is 23.1 Å². The number of fused-ring (bicyclic) bond motifs is 5. The third-order valence-electron chi connectivity index (χ3n) is 6.67. The van der Waals surface area contributed by atoms with Crippen LogP contribution < -0.4 is 0 Å². The van der Waals surface area contributed by atoms with Crippen molar-refractivity contribution in [1.82, 2.24) is 19.7 Å². The maximum Gasteiger partial charge on any atom is 0.160 e. The second-order valence-electron chi connectivity index (χ2n) is 8.96. The van der Waals surface area contributed by atoms with Crippen LogP contribution in [0.5, 0.6) is 0 Å². The fraction of sp³-hybridized carbons (Fsp3) is 0.259. The normalized spacial score (nSPS) is 14.5. The van der Waals surface area contributed by atoms with Crippen molar-refractivity contribution in [2.75, 3.05) is 12.3 Å². The summed E-state index contributed by atoms with van der Waals surface area (Å²) in [5.41, 5.74) is 5.01. The first-order valence-electron chi connectivity index (χ1n) is 11.9. The van der Waals surface area contributed by atoms with Gasteiger partial charge in [0.1, 0.15) is 24.0 Å². The molecule has 6 rings (SSSR count). The standard InChI is InChI=1S/C27H23ClFN5S3/c1-16-31-32-23-13-30-26(19-4-2-3-5-21(19)28)25-20-10-11-33(14-22(20)37-27(25)34(16)23)24(35)15-36-18-8-6-17(12-29)7-9-18/h2-9H,10-15H2,1H3. The lowest BCUT2D eigenvalue weighted by Gasteiger charge is -2.29. The van der Waals surface area contributed by atoms with Gasteiger partial charge in [-0.2, -0.15) is 0 Å². The summed E-state index contributed by atoms with van der Waals surface area (Å²) >= 11 is 16.0. The highest BCUT2D eigenvalue weighted by atomic mass is 35.5. The molecule has 0 N–H and O–H groups in total. The van der Waals surface area contributed by atoms with Crippen LogP contribution >= 0.6 is 46.9 Å². The van der Waals surface area contributed by atoms with Gasteiger partial charge in [0.2, 0.25) is 0 Å². The van der Waals surface area contributed by atoms with Crippen LogP contribution in [0.4, 0.5) is 4.39 Å². The number of alkyl halides is 1. The first-order valence-corrected chi connectivity index (χ1v) is 14.5. The Labute approximate surface area is 233 Å². The monoisotopic (exact) mass is 567 g/mol. The Morgan fingerprint density at radius 2 is 1.97 bits per heavy atom. The summed E-state index contributed by atoms with van der Waals surface area (Å²) in [4.78, 5) is 10.6. The fourth-order valence-corrected chi connectivity index (χ4v) is 7.58. The highest BCUT2D eigenvalue weighted by molar-refractivity contribution is 8.01. The molecule has 0 aliphatic carbocycles. The Balaban J connectivity index is 1.31. The van der Waals surface area contributed by atoms with Crippen molar-refractivity contribution in [2.45, 2.75) is 38.0 Å². The Bertz CT molecular complexity index is 1530. The lowest BCUT2D eigenvalue weighted by atomic mass is 9.95. The van der Waals surface area contributed by atoms with Gasteiger partial charge in [-0.15, -0.1) is 33.3 Å². The molecule has 2 aromatic heterocycles. The fourth-order valence-electron chi connectivity index (χ4n) is 4.79. The van der Waals surface area contributed by atoms with Gasteiger partial charge in [-0.05, 0) is 42.7 Å². The smallest absolute Gasteiger partial charge is 0.160 e. The van der Waals surface area contributed by atoms with E-state index in [-0.39, 0.29) is 0 Å². The largest absolute Gasteiger partial charge is 0.360 e. The number of aromatic nitrogens is 3. The Hall–Kier alpha value is -2.59. The van der Waals surface area contributed by atoms with Crippen LogP contribution in [-0.4, -0.2) is 42.7 Å². The molecule has 0 unspecified atom stereocenters. The number of nitrogens with zero attached hydrogens (tertiary/aromatic N) is 5. The third-order valence-corrected chi connectivity index (χ3v) is 9.81. The molecule has 4 aromatic rings. The summed E-state index contributed by atoms with van der Waals surface area (Å²) in [5, 5.41) is 10.5. The average Bonchev–Trinajstić information content (AvgIpc) is 3.43. The Kier molecular flexibility index (Phi) is 6.88. The zero-order chi connectivity index (χ0) is 25.5. The summed E-state index contributed by atoms with van der Waals surface area (Å²) in [7, 11) is 0. The number of benzene rings is 2. The zero-order valence-electron chi connectivity index (χ0n) is 20.1. The van der Waals surface area contributed by atoms with E-state index in [0.29, 0.717) is 22.9 Å². The van der Waals surface area contributed by atoms with Crippen molar-refractivity contribution >= 4 is 57.6 Å². The van der Waals surface area contributed by atoms with Gasteiger partial charge >= 0.3 is 0 Å². The number of aryl methyl sites for hydroxylation is 1.